The number of amides is 1. The van der Waals surface area contributed by atoms with E-state index in [-0.39, 0.29) is 17.4 Å². The normalized spacial score (nSPS) is 13.2. The minimum absolute atomic E-state index is 0.00274. The first-order valence-electron chi connectivity index (χ1n) is 5.86. The Bertz CT molecular complexity index is 357. The van der Waals surface area contributed by atoms with Crippen LogP contribution in [0.5, 0.6) is 0 Å². The molecule has 94 valence electrons. The van der Waals surface area contributed by atoms with Crippen molar-refractivity contribution in [3.8, 4) is 0 Å². The highest BCUT2D eigenvalue weighted by atomic mass is 16.1. The molecule has 0 saturated carbocycles. The van der Waals surface area contributed by atoms with Crippen LogP contribution >= 0.6 is 0 Å². The highest BCUT2D eigenvalue weighted by Crippen LogP contribution is 2.21. The van der Waals surface area contributed by atoms with Crippen molar-refractivity contribution in [2.75, 3.05) is 6.54 Å². The van der Waals surface area contributed by atoms with Crippen LogP contribution in [0.15, 0.2) is 24.5 Å². The Morgan fingerprint density at radius 3 is 2.71 bits per heavy atom. The van der Waals surface area contributed by atoms with Crippen LogP contribution in [0.1, 0.15) is 37.6 Å². The molecule has 1 aromatic heterocycles. The van der Waals surface area contributed by atoms with Crippen molar-refractivity contribution in [3.05, 3.63) is 30.1 Å². The summed E-state index contributed by atoms with van der Waals surface area (Å²) in [4.78, 5) is 15.9. The molecular formula is C13H21N3O. The molecule has 1 aromatic rings. The number of rotatable bonds is 4. The number of nitrogens with one attached hydrogen (secondary N) is 1. The molecule has 1 rings (SSSR count). The molecule has 0 saturated heterocycles. The van der Waals surface area contributed by atoms with Gasteiger partial charge >= 0.3 is 0 Å². The van der Waals surface area contributed by atoms with Gasteiger partial charge in [-0.2, -0.15) is 0 Å². The summed E-state index contributed by atoms with van der Waals surface area (Å²) in [6.45, 7) is 6.85. The lowest BCUT2D eigenvalue weighted by molar-refractivity contribution is 0.0898. The highest BCUT2D eigenvalue weighted by molar-refractivity contribution is 5.94. The maximum absolute atomic E-state index is 12.0. The SMILES string of the molecule is CC(C)(C)C(CCN)NC(=O)c1cccnc1. The quantitative estimate of drug-likeness (QED) is 0.832. The van der Waals surface area contributed by atoms with Gasteiger partial charge in [-0.05, 0) is 30.5 Å². The Morgan fingerprint density at radius 2 is 2.24 bits per heavy atom. The number of carbonyl (C=O) groups is 1. The fourth-order valence-electron chi connectivity index (χ4n) is 1.63. The van der Waals surface area contributed by atoms with Gasteiger partial charge in [-0.3, -0.25) is 9.78 Å². The molecule has 0 radical (unpaired) electrons. The maximum Gasteiger partial charge on any atom is 0.253 e. The molecule has 0 spiro atoms. The molecule has 0 aliphatic carbocycles. The van der Waals surface area contributed by atoms with Gasteiger partial charge in [0.25, 0.3) is 5.91 Å². The molecule has 0 fully saturated rings. The van der Waals surface area contributed by atoms with E-state index in [9.17, 15) is 4.79 Å². The summed E-state index contributed by atoms with van der Waals surface area (Å²) in [7, 11) is 0. The third-order valence-electron chi connectivity index (χ3n) is 2.73. The molecule has 17 heavy (non-hydrogen) atoms. The first-order valence-corrected chi connectivity index (χ1v) is 5.86. The van der Waals surface area contributed by atoms with Crippen LogP contribution in [0, 0.1) is 5.41 Å². The minimum Gasteiger partial charge on any atom is -0.349 e. The van der Waals surface area contributed by atoms with Crippen LogP contribution in [0.3, 0.4) is 0 Å². The smallest absolute Gasteiger partial charge is 0.253 e. The van der Waals surface area contributed by atoms with E-state index in [0.717, 1.165) is 6.42 Å². The van der Waals surface area contributed by atoms with E-state index < -0.39 is 0 Å². The maximum atomic E-state index is 12.0. The fraction of sp³-hybridized carbons (Fsp3) is 0.538. The van der Waals surface area contributed by atoms with E-state index in [1.807, 2.05) is 0 Å². The van der Waals surface area contributed by atoms with Gasteiger partial charge in [0.15, 0.2) is 0 Å². The van der Waals surface area contributed by atoms with E-state index in [2.05, 4.69) is 31.1 Å². The van der Waals surface area contributed by atoms with Crippen molar-refractivity contribution in [1.82, 2.24) is 10.3 Å². The second-order valence-electron chi connectivity index (χ2n) is 5.21. The van der Waals surface area contributed by atoms with Gasteiger partial charge in [0, 0.05) is 18.4 Å². The zero-order chi connectivity index (χ0) is 12.9. The molecule has 1 unspecified atom stereocenters. The van der Waals surface area contributed by atoms with Gasteiger partial charge in [0.2, 0.25) is 0 Å². The second kappa shape index (κ2) is 5.77. The average molecular weight is 235 g/mol. The monoisotopic (exact) mass is 235 g/mol. The van der Waals surface area contributed by atoms with Crippen LogP contribution in [-0.4, -0.2) is 23.5 Å². The molecule has 0 bridgehead atoms. The van der Waals surface area contributed by atoms with E-state index in [1.54, 1.807) is 24.5 Å². The van der Waals surface area contributed by atoms with E-state index >= 15 is 0 Å². The Balaban J connectivity index is 2.71. The Morgan fingerprint density at radius 1 is 1.53 bits per heavy atom. The average Bonchev–Trinajstić information content (AvgIpc) is 2.28. The molecule has 0 aliphatic heterocycles. The summed E-state index contributed by atoms with van der Waals surface area (Å²) in [5.74, 6) is -0.0912. The highest BCUT2D eigenvalue weighted by Gasteiger charge is 2.25. The second-order valence-corrected chi connectivity index (χ2v) is 5.21. The van der Waals surface area contributed by atoms with Crippen molar-refractivity contribution >= 4 is 5.91 Å². The third-order valence-corrected chi connectivity index (χ3v) is 2.73. The van der Waals surface area contributed by atoms with Gasteiger partial charge in [0.1, 0.15) is 0 Å². The minimum atomic E-state index is -0.0912. The molecule has 1 atom stereocenters. The van der Waals surface area contributed by atoms with Crippen LogP contribution in [0.4, 0.5) is 0 Å². The molecular weight excluding hydrogens is 214 g/mol. The van der Waals surface area contributed by atoms with Gasteiger partial charge in [0.05, 0.1) is 5.56 Å². The first-order chi connectivity index (χ1) is 7.95. The standard InChI is InChI=1S/C13H21N3O/c1-13(2,3)11(6-7-14)16-12(17)10-5-4-8-15-9-10/h4-5,8-9,11H,6-7,14H2,1-3H3,(H,16,17). The van der Waals surface area contributed by atoms with Crippen molar-refractivity contribution in [1.29, 1.82) is 0 Å². The molecule has 4 nitrogen and oxygen atoms in total. The number of nitrogens with zero attached hydrogens (tertiary/aromatic N) is 1. The lowest BCUT2D eigenvalue weighted by atomic mass is 9.84. The van der Waals surface area contributed by atoms with Crippen molar-refractivity contribution in [2.45, 2.75) is 33.2 Å². The third kappa shape index (κ3) is 4.15. The van der Waals surface area contributed by atoms with Gasteiger partial charge < -0.3 is 11.1 Å². The molecule has 1 amide bonds. The lowest BCUT2D eigenvalue weighted by Gasteiger charge is -2.31. The summed E-state index contributed by atoms with van der Waals surface area (Å²) in [5, 5.41) is 3.02. The number of hydrogen-bond acceptors (Lipinski definition) is 3. The van der Waals surface area contributed by atoms with Gasteiger partial charge in [-0.25, -0.2) is 0 Å². The topological polar surface area (TPSA) is 68.0 Å². The van der Waals surface area contributed by atoms with E-state index in [0.29, 0.717) is 12.1 Å². The van der Waals surface area contributed by atoms with Crippen molar-refractivity contribution in [2.24, 2.45) is 11.1 Å². The molecule has 3 N–H and O–H groups in total. The molecule has 4 heteroatoms. The van der Waals surface area contributed by atoms with Gasteiger partial charge in [-0.15, -0.1) is 0 Å². The fourth-order valence-corrected chi connectivity index (χ4v) is 1.63. The van der Waals surface area contributed by atoms with Crippen LogP contribution in [0.25, 0.3) is 0 Å². The van der Waals surface area contributed by atoms with Gasteiger partial charge in [-0.1, -0.05) is 20.8 Å². The summed E-state index contributed by atoms with van der Waals surface area (Å²) in [6.07, 6.45) is 3.99. The first kappa shape index (κ1) is 13.6. The van der Waals surface area contributed by atoms with Crippen molar-refractivity contribution < 1.29 is 4.79 Å². The zero-order valence-corrected chi connectivity index (χ0v) is 10.7. The van der Waals surface area contributed by atoms with Crippen LogP contribution in [-0.2, 0) is 0 Å². The number of pyridine rings is 1. The number of aromatic nitrogens is 1. The summed E-state index contributed by atoms with van der Waals surface area (Å²) in [6, 6.07) is 3.58. The van der Waals surface area contributed by atoms with Crippen LogP contribution in [0.2, 0.25) is 0 Å². The lowest BCUT2D eigenvalue weighted by Crippen LogP contribution is -2.44. The Labute approximate surface area is 103 Å². The predicted octanol–water partition coefficient (Wildman–Crippen LogP) is 1.57. The predicted molar refractivity (Wildman–Crippen MR) is 68.6 cm³/mol. The number of nitrogens with two attached hydrogens (primary N) is 1. The summed E-state index contributed by atoms with van der Waals surface area (Å²) >= 11 is 0. The van der Waals surface area contributed by atoms with Crippen molar-refractivity contribution in [3.63, 3.8) is 0 Å². The molecule has 1 heterocycles. The number of carbonyl (C=O) groups excluding carboxylic acids is 1. The van der Waals surface area contributed by atoms with E-state index in [4.69, 9.17) is 5.73 Å². The Kier molecular flexibility index (Phi) is 4.63. The number of hydrogen-bond donors (Lipinski definition) is 2. The Hall–Kier alpha value is -1.42. The zero-order valence-electron chi connectivity index (χ0n) is 10.7. The largest absolute Gasteiger partial charge is 0.349 e. The summed E-state index contributed by atoms with van der Waals surface area (Å²) < 4.78 is 0. The molecule has 0 aliphatic rings. The van der Waals surface area contributed by atoms with Crippen LogP contribution < -0.4 is 11.1 Å². The molecule has 0 aromatic carbocycles. The summed E-state index contributed by atoms with van der Waals surface area (Å²) in [5.41, 5.74) is 6.16. The van der Waals surface area contributed by atoms with E-state index in [1.165, 1.54) is 0 Å².